The predicted molar refractivity (Wildman–Crippen MR) is 103 cm³/mol. The van der Waals surface area contributed by atoms with Crippen molar-refractivity contribution in [3.05, 3.63) is 72.3 Å². The van der Waals surface area contributed by atoms with Crippen LogP contribution in [-0.4, -0.2) is 25.3 Å². The number of aromatic nitrogens is 1. The molecule has 4 aromatic rings. The Bertz CT molecular complexity index is 1100. The van der Waals surface area contributed by atoms with Crippen molar-refractivity contribution in [3.8, 4) is 17.2 Å². The van der Waals surface area contributed by atoms with Crippen LogP contribution in [0.15, 0.2) is 66.7 Å². The lowest BCUT2D eigenvalue weighted by Gasteiger charge is -2.13. The number of hydrogen-bond donors (Lipinski definition) is 1. The molecule has 0 fully saturated rings. The minimum atomic E-state index is -0.957. The normalized spacial score (nSPS) is 10.9. The van der Waals surface area contributed by atoms with Crippen molar-refractivity contribution < 1.29 is 23.9 Å². The van der Waals surface area contributed by atoms with Crippen molar-refractivity contribution in [1.82, 2.24) is 0 Å². The highest BCUT2D eigenvalue weighted by Crippen LogP contribution is 2.33. The maximum absolute atomic E-state index is 12.1. The second-order valence-electron chi connectivity index (χ2n) is 6.06. The van der Waals surface area contributed by atoms with Gasteiger partial charge in [-0.15, -0.1) is 4.57 Å². The highest BCUT2D eigenvalue weighted by molar-refractivity contribution is 6.12. The number of nitrogens with zero attached hydrogens (tertiary/aromatic N) is 1. The molecule has 0 aliphatic heterocycles. The number of rotatable bonds is 4. The largest absolute Gasteiger partial charge is 0.490 e. The lowest BCUT2D eigenvalue weighted by Crippen LogP contribution is -2.34. The van der Waals surface area contributed by atoms with Crippen LogP contribution in [0.1, 0.15) is 10.4 Å². The predicted octanol–water partition coefficient (Wildman–Crippen LogP) is 3.99. The number of aromatic carboxylic acids is 1. The van der Waals surface area contributed by atoms with Gasteiger partial charge in [0.15, 0.2) is 11.5 Å². The molecule has 0 amide bonds. The van der Waals surface area contributed by atoms with Gasteiger partial charge in [0.25, 0.3) is 5.69 Å². The molecule has 4 rings (SSSR count). The standard InChI is InChI=1S/C22H17NO4/c1-26-18-12-7-13-19(27-2)21(18)23-16-10-5-3-8-14(16)20(22(24)25)15-9-4-6-11-17(15)23/h3-13H,1-2H3/p+1. The number of hydrogen-bond acceptors (Lipinski definition) is 3. The van der Waals surface area contributed by atoms with Gasteiger partial charge in [-0.05, 0) is 24.3 Å². The van der Waals surface area contributed by atoms with E-state index in [1.807, 2.05) is 71.3 Å². The van der Waals surface area contributed by atoms with Crippen molar-refractivity contribution >= 4 is 27.8 Å². The van der Waals surface area contributed by atoms with Gasteiger partial charge in [0.1, 0.15) is 0 Å². The van der Waals surface area contributed by atoms with Gasteiger partial charge in [-0.1, -0.05) is 30.3 Å². The molecule has 1 aromatic heterocycles. The fraction of sp³-hybridized carbons (Fsp3) is 0.0909. The van der Waals surface area contributed by atoms with Crippen molar-refractivity contribution in [1.29, 1.82) is 0 Å². The average Bonchev–Trinajstić information content (AvgIpc) is 2.71. The molecule has 0 spiro atoms. The first-order valence-electron chi connectivity index (χ1n) is 8.47. The first-order chi connectivity index (χ1) is 13.2. The van der Waals surface area contributed by atoms with Crippen LogP contribution in [-0.2, 0) is 0 Å². The number of carboxylic acid groups (broad SMARTS) is 1. The highest BCUT2D eigenvalue weighted by atomic mass is 16.5. The van der Waals surface area contributed by atoms with Gasteiger partial charge < -0.3 is 14.6 Å². The van der Waals surface area contributed by atoms with Crippen LogP contribution in [0, 0.1) is 0 Å². The number of methoxy groups -OCH3 is 2. The molecule has 5 nitrogen and oxygen atoms in total. The monoisotopic (exact) mass is 360 g/mol. The van der Waals surface area contributed by atoms with Crippen molar-refractivity contribution in [3.63, 3.8) is 0 Å². The van der Waals surface area contributed by atoms with Gasteiger partial charge in [0.2, 0.25) is 11.0 Å². The van der Waals surface area contributed by atoms with Crippen LogP contribution in [0.25, 0.3) is 27.5 Å². The Morgan fingerprint density at radius 3 is 1.70 bits per heavy atom. The Morgan fingerprint density at radius 1 is 0.778 bits per heavy atom. The number of carbonyl (C=O) groups is 1. The first kappa shape index (κ1) is 16.8. The van der Waals surface area contributed by atoms with E-state index in [4.69, 9.17) is 9.47 Å². The lowest BCUT2D eigenvalue weighted by molar-refractivity contribution is -0.539. The van der Waals surface area contributed by atoms with E-state index < -0.39 is 5.97 Å². The minimum Gasteiger partial charge on any atom is -0.490 e. The van der Waals surface area contributed by atoms with Gasteiger partial charge in [0.05, 0.1) is 30.6 Å². The quantitative estimate of drug-likeness (QED) is 0.442. The topological polar surface area (TPSA) is 59.6 Å². The van der Waals surface area contributed by atoms with Crippen LogP contribution in [0.5, 0.6) is 11.5 Å². The summed E-state index contributed by atoms with van der Waals surface area (Å²) in [5, 5.41) is 11.2. The summed E-state index contributed by atoms with van der Waals surface area (Å²) < 4.78 is 13.2. The Kier molecular flexibility index (Phi) is 4.12. The van der Waals surface area contributed by atoms with Gasteiger partial charge in [-0.2, -0.15) is 0 Å². The fourth-order valence-corrected chi connectivity index (χ4v) is 3.56. The molecule has 0 atom stereocenters. The zero-order chi connectivity index (χ0) is 19.0. The van der Waals surface area contributed by atoms with E-state index in [0.717, 1.165) is 16.7 Å². The third-order valence-corrected chi connectivity index (χ3v) is 4.67. The smallest absolute Gasteiger partial charge is 0.337 e. The van der Waals surface area contributed by atoms with E-state index in [2.05, 4.69) is 0 Å². The average molecular weight is 360 g/mol. The van der Waals surface area contributed by atoms with E-state index in [-0.39, 0.29) is 5.56 Å². The van der Waals surface area contributed by atoms with Gasteiger partial charge in [-0.3, -0.25) is 0 Å². The number of ether oxygens (including phenoxy) is 2. The SMILES string of the molecule is COc1cccc(OC)c1-[n+]1c2ccccc2c(C(=O)O)c2ccccc21. The summed E-state index contributed by atoms with van der Waals surface area (Å²) >= 11 is 0. The summed E-state index contributed by atoms with van der Waals surface area (Å²) in [7, 11) is 3.21. The van der Waals surface area contributed by atoms with E-state index >= 15 is 0 Å². The number of carboxylic acids is 1. The number of pyridine rings is 1. The minimum absolute atomic E-state index is 0.284. The number of benzene rings is 3. The molecular weight excluding hydrogens is 342 g/mol. The summed E-state index contributed by atoms with van der Waals surface area (Å²) in [6.07, 6.45) is 0. The summed E-state index contributed by atoms with van der Waals surface area (Å²) in [5.74, 6) is 0.317. The van der Waals surface area contributed by atoms with Crippen LogP contribution < -0.4 is 14.0 Å². The lowest BCUT2D eigenvalue weighted by atomic mass is 10.0. The zero-order valence-electron chi connectivity index (χ0n) is 15.0. The highest BCUT2D eigenvalue weighted by Gasteiger charge is 2.29. The fourth-order valence-electron chi connectivity index (χ4n) is 3.56. The Labute approximate surface area is 156 Å². The van der Waals surface area contributed by atoms with Crippen molar-refractivity contribution in [2.24, 2.45) is 0 Å². The molecule has 3 aromatic carbocycles. The third kappa shape index (κ3) is 2.56. The van der Waals surface area contributed by atoms with Gasteiger partial charge in [-0.25, -0.2) is 4.79 Å². The van der Waals surface area contributed by atoms with E-state index in [1.54, 1.807) is 14.2 Å². The molecule has 27 heavy (non-hydrogen) atoms. The van der Waals surface area contributed by atoms with Crippen molar-refractivity contribution in [2.75, 3.05) is 14.2 Å². The molecule has 0 saturated heterocycles. The van der Waals surface area contributed by atoms with E-state index in [9.17, 15) is 9.90 Å². The third-order valence-electron chi connectivity index (χ3n) is 4.67. The van der Waals surface area contributed by atoms with Crippen LogP contribution in [0.3, 0.4) is 0 Å². The molecule has 1 N–H and O–H groups in total. The summed E-state index contributed by atoms with van der Waals surface area (Å²) in [5.41, 5.74) is 2.53. The molecule has 0 bridgehead atoms. The van der Waals surface area contributed by atoms with Crippen LogP contribution >= 0.6 is 0 Å². The van der Waals surface area contributed by atoms with Gasteiger partial charge >= 0.3 is 5.97 Å². The molecule has 0 saturated carbocycles. The van der Waals surface area contributed by atoms with E-state index in [1.165, 1.54) is 0 Å². The van der Waals surface area contributed by atoms with Crippen molar-refractivity contribution in [2.45, 2.75) is 0 Å². The molecular formula is C22H18NO4+. The summed E-state index contributed by atoms with van der Waals surface area (Å²) in [6.45, 7) is 0. The Balaban J connectivity index is 2.30. The summed E-state index contributed by atoms with van der Waals surface area (Å²) in [4.78, 5) is 12.1. The number of para-hydroxylation sites is 3. The molecule has 0 unspecified atom stereocenters. The molecule has 0 aliphatic carbocycles. The molecule has 134 valence electrons. The zero-order valence-corrected chi connectivity index (χ0v) is 15.0. The maximum Gasteiger partial charge on any atom is 0.337 e. The molecule has 0 aliphatic rings. The van der Waals surface area contributed by atoms with E-state index in [0.29, 0.717) is 22.3 Å². The molecule has 0 radical (unpaired) electrons. The Hall–Kier alpha value is -3.60. The first-order valence-corrected chi connectivity index (χ1v) is 8.47. The second-order valence-corrected chi connectivity index (χ2v) is 6.06. The molecule has 5 heteroatoms. The maximum atomic E-state index is 12.1. The molecule has 1 heterocycles. The van der Waals surface area contributed by atoms with Crippen LogP contribution in [0.2, 0.25) is 0 Å². The summed E-state index contributed by atoms with van der Waals surface area (Å²) in [6, 6.07) is 20.5. The second kappa shape index (κ2) is 6.61. The number of fused-ring (bicyclic) bond motifs is 2. The van der Waals surface area contributed by atoms with Gasteiger partial charge in [0, 0.05) is 12.1 Å². The van der Waals surface area contributed by atoms with Crippen LogP contribution in [0.4, 0.5) is 0 Å². The Morgan fingerprint density at radius 2 is 1.26 bits per heavy atom.